The first-order valence-electron chi connectivity index (χ1n) is 11.0. The van der Waals surface area contributed by atoms with Crippen molar-refractivity contribution in [2.75, 3.05) is 58.1 Å². The number of methoxy groups -OCH3 is 1. The monoisotopic (exact) mass is 464 g/mol. The number of benzene rings is 2. The van der Waals surface area contributed by atoms with Crippen molar-refractivity contribution in [2.24, 2.45) is 0 Å². The van der Waals surface area contributed by atoms with Gasteiger partial charge in [0, 0.05) is 42.2 Å². The summed E-state index contributed by atoms with van der Waals surface area (Å²) in [5.74, 6) is 1.27. The number of aromatic nitrogens is 1. The van der Waals surface area contributed by atoms with Crippen molar-refractivity contribution < 1.29 is 14.2 Å². The normalized spacial score (nSPS) is 14.1. The minimum absolute atomic E-state index is 0.472. The summed E-state index contributed by atoms with van der Waals surface area (Å²) >= 11 is 1.65. The summed E-state index contributed by atoms with van der Waals surface area (Å²) in [6, 6.07) is 14.1. The van der Waals surface area contributed by atoms with Crippen molar-refractivity contribution in [3.8, 4) is 17.6 Å². The third-order valence-electron chi connectivity index (χ3n) is 5.62. The number of nitrogens with one attached hydrogen (secondary N) is 1. The van der Waals surface area contributed by atoms with E-state index in [0.29, 0.717) is 29.4 Å². The molecule has 7 nitrogen and oxygen atoms in total. The number of fused-ring (bicyclic) bond motifs is 1. The molecular formula is C25H28N4O3S. The third-order valence-corrected chi connectivity index (χ3v) is 6.42. The summed E-state index contributed by atoms with van der Waals surface area (Å²) in [7, 11) is 1.62. The van der Waals surface area contributed by atoms with Crippen LogP contribution in [0.1, 0.15) is 12.0 Å². The SMILES string of the molecule is COc1cc2c(Nc3ccccc3SC)c(C#N)cnc2cc1OCCCN1CCOCC1. The second-order valence-electron chi connectivity index (χ2n) is 7.66. The van der Waals surface area contributed by atoms with Crippen LogP contribution in [0, 0.1) is 11.3 Å². The Bertz CT molecular complexity index is 1140. The fourth-order valence-electron chi connectivity index (χ4n) is 3.87. The Balaban J connectivity index is 1.58. The highest BCUT2D eigenvalue weighted by Crippen LogP contribution is 2.38. The molecule has 4 rings (SSSR count). The van der Waals surface area contributed by atoms with Crippen LogP contribution < -0.4 is 14.8 Å². The van der Waals surface area contributed by atoms with Crippen molar-refractivity contribution >= 4 is 34.0 Å². The van der Waals surface area contributed by atoms with E-state index in [-0.39, 0.29) is 0 Å². The van der Waals surface area contributed by atoms with Gasteiger partial charge in [-0.2, -0.15) is 5.26 Å². The summed E-state index contributed by atoms with van der Waals surface area (Å²) in [4.78, 5) is 7.99. The van der Waals surface area contributed by atoms with Gasteiger partial charge in [0.2, 0.25) is 0 Å². The number of rotatable bonds is 9. The van der Waals surface area contributed by atoms with Gasteiger partial charge in [0.1, 0.15) is 6.07 Å². The van der Waals surface area contributed by atoms with Crippen LogP contribution in [0.15, 0.2) is 47.5 Å². The van der Waals surface area contributed by atoms with Crippen LogP contribution >= 0.6 is 11.8 Å². The van der Waals surface area contributed by atoms with Gasteiger partial charge < -0.3 is 19.5 Å². The molecule has 2 heterocycles. The standard InChI is InChI=1S/C25H28N4O3S/c1-30-22-14-19-21(15-23(22)32-11-5-8-29-9-12-31-13-10-29)27-17-18(16-26)25(19)28-20-6-3-4-7-24(20)33-2/h3-4,6-7,14-15,17H,5,8-13H2,1-2H3,(H,27,28). The van der Waals surface area contributed by atoms with Crippen LogP contribution in [0.4, 0.5) is 11.4 Å². The number of pyridine rings is 1. The van der Waals surface area contributed by atoms with Crippen molar-refractivity contribution in [2.45, 2.75) is 11.3 Å². The van der Waals surface area contributed by atoms with Crippen LogP contribution in [-0.2, 0) is 4.74 Å². The van der Waals surface area contributed by atoms with Gasteiger partial charge in [0.25, 0.3) is 0 Å². The lowest BCUT2D eigenvalue weighted by molar-refractivity contribution is 0.0357. The molecule has 1 aliphatic rings. The van der Waals surface area contributed by atoms with Crippen LogP contribution in [0.5, 0.6) is 11.5 Å². The van der Waals surface area contributed by atoms with E-state index in [0.717, 1.165) is 60.8 Å². The molecule has 1 aromatic heterocycles. The Morgan fingerprint density at radius 2 is 2.03 bits per heavy atom. The highest BCUT2D eigenvalue weighted by atomic mass is 32.2. The minimum Gasteiger partial charge on any atom is -0.493 e. The molecular weight excluding hydrogens is 436 g/mol. The molecule has 1 N–H and O–H groups in total. The smallest absolute Gasteiger partial charge is 0.163 e. The van der Waals surface area contributed by atoms with E-state index in [1.54, 1.807) is 25.1 Å². The van der Waals surface area contributed by atoms with E-state index in [4.69, 9.17) is 14.2 Å². The van der Waals surface area contributed by atoms with Gasteiger partial charge >= 0.3 is 0 Å². The number of anilines is 2. The quantitative estimate of drug-likeness (QED) is 0.361. The molecule has 0 atom stereocenters. The van der Waals surface area contributed by atoms with Gasteiger partial charge in [0.05, 0.1) is 49.4 Å². The van der Waals surface area contributed by atoms with E-state index in [1.807, 2.05) is 42.7 Å². The van der Waals surface area contributed by atoms with E-state index in [1.165, 1.54) is 0 Å². The largest absolute Gasteiger partial charge is 0.493 e. The molecule has 8 heteroatoms. The van der Waals surface area contributed by atoms with Gasteiger partial charge in [0.15, 0.2) is 11.5 Å². The van der Waals surface area contributed by atoms with Crippen molar-refractivity contribution in [3.63, 3.8) is 0 Å². The molecule has 0 amide bonds. The number of morpholine rings is 1. The van der Waals surface area contributed by atoms with Crippen LogP contribution in [0.25, 0.3) is 10.9 Å². The average Bonchev–Trinajstić information content (AvgIpc) is 2.87. The lowest BCUT2D eigenvalue weighted by Crippen LogP contribution is -2.37. The molecule has 3 aromatic rings. The van der Waals surface area contributed by atoms with Gasteiger partial charge in [-0.3, -0.25) is 9.88 Å². The van der Waals surface area contributed by atoms with E-state index in [2.05, 4.69) is 21.3 Å². The van der Waals surface area contributed by atoms with Gasteiger partial charge in [-0.15, -0.1) is 11.8 Å². The fourth-order valence-corrected chi connectivity index (χ4v) is 4.42. The zero-order chi connectivity index (χ0) is 23.0. The summed E-state index contributed by atoms with van der Waals surface area (Å²) in [5.41, 5.74) is 2.86. The Kier molecular flexibility index (Phi) is 7.89. The van der Waals surface area contributed by atoms with E-state index in [9.17, 15) is 5.26 Å². The second kappa shape index (κ2) is 11.2. The lowest BCUT2D eigenvalue weighted by Gasteiger charge is -2.26. The highest BCUT2D eigenvalue weighted by Gasteiger charge is 2.16. The molecule has 1 aliphatic heterocycles. The molecule has 2 aromatic carbocycles. The van der Waals surface area contributed by atoms with Crippen LogP contribution in [-0.4, -0.2) is 62.7 Å². The minimum atomic E-state index is 0.472. The predicted molar refractivity (Wildman–Crippen MR) is 132 cm³/mol. The van der Waals surface area contributed by atoms with E-state index < -0.39 is 0 Å². The number of nitriles is 1. The molecule has 0 bridgehead atoms. The Labute approximate surface area is 198 Å². The average molecular weight is 465 g/mol. The van der Waals surface area contributed by atoms with Crippen molar-refractivity contribution in [1.29, 1.82) is 5.26 Å². The number of para-hydroxylation sites is 1. The first kappa shape index (κ1) is 23.2. The molecule has 1 saturated heterocycles. The predicted octanol–water partition coefficient (Wildman–Crippen LogP) is 4.68. The molecule has 172 valence electrons. The summed E-state index contributed by atoms with van der Waals surface area (Å²) in [6.45, 7) is 5.11. The highest BCUT2D eigenvalue weighted by molar-refractivity contribution is 7.98. The Morgan fingerprint density at radius 3 is 2.79 bits per heavy atom. The van der Waals surface area contributed by atoms with Crippen molar-refractivity contribution in [3.05, 3.63) is 48.2 Å². The zero-order valence-corrected chi connectivity index (χ0v) is 19.8. The summed E-state index contributed by atoms with van der Waals surface area (Å²) in [5, 5.41) is 14.0. The number of hydrogen-bond acceptors (Lipinski definition) is 8. The fraction of sp³-hybridized carbons (Fsp3) is 0.360. The summed E-state index contributed by atoms with van der Waals surface area (Å²) < 4.78 is 17.1. The van der Waals surface area contributed by atoms with Gasteiger partial charge in [-0.05, 0) is 30.9 Å². The van der Waals surface area contributed by atoms with Gasteiger partial charge in [-0.25, -0.2) is 0 Å². The molecule has 0 spiro atoms. The number of hydrogen-bond donors (Lipinski definition) is 1. The molecule has 1 fully saturated rings. The van der Waals surface area contributed by atoms with E-state index >= 15 is 0 Å². The summed E-state index contributed by atoms with van der Waals surface area (Å²) in [6.07, 6.45) is 4.55. The molecule has 0 radical (unpaired) electrons. The number of nitrogens with zero attached hydrogens (tertiary/aromatic N) is 3. The molecule has 0 saturated carbocycles. The molecule has 0 aliphatic carbocycles. The Hall–Kier alpha value is -2.99. The molecule has 0 unspecified atom stereocenters. The first-order chi connectivity index (χ1) is 16.2. The second-order valence-corrected chi connectivity index (χ2v) is 8.51. The first-order valence-corrected chi connectivity index (χ1v) is 12.2. The van der Waals surface area contributed by atoms with Crippen LogP contribution in [0.3, 0.4) is 0 Å². The van der Waals surface area contributed by atoms with Crippen molar-refractivity contribution in [1.82, 2.24) is 9.88 Å². The topological polar surface area (TPSA) is 79.6 Å². The number of ether oxygens (including phenoxy) is 3. The maximum atomic E-state index is 9.71. The maximum Gasteiger partial charge on any atom is 0.163 e. The van der Waals surface area contributed by atoms with Gasteiger partial charge in [-0.1, -0.05) is 12.1 Å². The Morgan fingerprint density at radius 1 is 1.21 bits per heavy atom. The third kappa shape index (κ3) is 5.50. The molecule has 33 heavy (non-hydrogen) atoms. The maximum absolute atomic E-state index is 9.71. The lowest BCUT2D eigenvalue weighted by atomic mass is 10.1. The number of thioether (sulfide) groups is 1. The van der Waals surface area contributed by atoms with Crippen LogP contribution in [0.2, 0.25) is 0 Å². The zero-order valence-electron chi connectivity index (χ0n) is 19.0.